The van der Waals surface area contributed by atoms with Gasteiger partial charge in [0.2, 0.25) is 5.95 Å². The molecule has 0 fully saturated rings. The van der Waals surface area contributed by atoms with Gasteiger partial charge in [-0.2, -0.15) is 0 Å². The van der Waals surface area contributed by atoms with Crippen LogP contribution in [-0.2, 0) is 0 Å². The largest absolute Gasteiger partial charge is 0.343 e. The number of amides is 1. The molecule has 0 saturated heterocycles. The Morgan fingerprint density at radius 3 is 2.25 bits per heavy atom. The van der Waals surface area contributed by atoms with Gasteiger partial charge in [0.1, 0.15) is 5.00 Å². The molecule has 0 unspecified atom stereocenters. The van der Waals surface area contributed by atoms with Crippen LogP contribution in [0.4, 0.5) is 10.9 Å². The summed E-state index contributed by atoms with van der Waals surface area (Å²) in [5.74, 6) is 0.387. The summed E-state index contributed by atoms with van der Waals surface area (Å²) in [5.41, 5.74) is 4.31. The molecule has 2 heterocycles. The average molecular weight is 463 g/mol. The van der Waals surface area contributed by atoms with Crippen molar-refractivity contribution in [1.29, 1.82) is 0 Å². The summed E-state index contributed by atoms with van der Waals surface area (Å²) >= 11 is 7.68. The van der Waals surface area contributed by atoms with Crippen molar-refractivity contribution in [2.24, 2.45) is 0 Å². The smallest absolute Gasteiger partial charge is 0.256 e. The number of aryl methyl sites for hydroxylation is 3. The van der Waals surface area contributed by atoms with Crippen molar-refractivity contribution in [2.75, 3.05) is 10.6 Å². The first-order valence-corrected chi connectivity index (χ1v) is 11.4. The van der Waals surface area contributed by atoms with E-state index >= 15 is 0 Å². The van der Waals surface area contributed by atoms with Crippen molar-refractivity contribution in [3.63, 3.8) is 0 Å². The Balaban J connectivity index is 1.74. The number of nitrogens with zero attached hydrogens (tertiary/aromatic N) is 2. The van der Waals surface area contributed by atoms with Crippen molar-refractivity contribution >= 4 is 39.8 Å². The fraction of sp³-hybridized carbons (Fsp3) is 0.160. The van der Waals surface area contributed by atoms with Gasteiger partial charge in [0, 0.05) is 32.4 Å². The minimum Gasteiger partial charge on any atom is -0.343 e. The molecule has 7 heteroatoms. The van der Waals surface area contributed by atoms with E-state index in [1.807, 2.05) is 69.3 Å². The van der Waals surface area contributed by atoms with Crippen LogP contribution in [0, 0.1) is 20.8 Å². The van der Waals surface area contributed by atoms with E-state index in [1.54, 1.807) is 23.5 Å². The number of rotatable bonds is 6. The van der Waals surface area contributed by atoms with Gasteiger partial charge in [0.05, 0.1) is 6.04 Å². The van der Waals surface area contributed by atoms with Gasteiger partial charge in [-0.15, -0.1) is 11.3 Å². The first-order valence-electron chi connectivity index (χ1n) is 10.2. The molecule has 2 aromatic heterocycles. The molecular formula is C25H23ClN4OS. The minimum absolute atomic E-state index is 0.147. The van der Waals surface area contributed by atoms with E-state index < -0.39 is 0 Å². The van der Waals surface area contributed by atoms with E-state index in [1.165, 1.54) is 0 Å². The predicted octanol–water partition coefficient (Wildman–Crippen LogP) is 6.57. The van der Waals surface area contributed by atoms with Crippen molar-refractivity contribution in [2.45, 2.75) is 26.8 Å². The van der Waals surface area contributed by atoms with Crippen LogP contribution in [0.3, 0.4) is 0 Å². The quantitative estimate of drug-likeness (QED) is 0.340. The maximum absolute atomic E-state index is 12.9. The first-order chi connectivity index (χ1) is 15.4. The van der Waals surface area contributed by atoms with Crippen LogP contribution in [0.15, 0.2) is 66.7 Å². The third-order valence-electron chi connectivity index (χ3n) is 4.92. The molecule has 0 saturated carbocycles. The van der Waals surface area contributed by atoms with E-state index in [2.05, 4.69) is 26.7 Å². The lowest BCUT2D eigenvalue weighted by Crippen LogP contribution is -2.18. The molecule has 0 aliphatic heterocycles. The summed E-state index contributed by atoms with van der Waals surface area (Å²) in [6.07, 6.45) is 0. The van der Waals surface area contributed by atoms with Crippen LogP contribution in [0.5, 0.6) is 0 Å². The van der Waals surface area contributed by atoms with Crippen molar-refractivity contribution in [3.05, 3.63) is 105 Å². The maximum atomic E-state index is 12.9. The number of carbonyl (C=O) groups is 1. The zero-order valence-electron chi connectivity index (χ0n) is 18.0. The Morgan fingerprint density at radius 1 is 0.938 bits per heavy atom. The number of nitrogens with one attached hydrogen (secondary N) is 2. The molecule has 0 spiro atoms. The molecule has 5 nitrogen and oxygen atoms in total. The molecular weight excluding hydrogens is 440 g/mol. The van der Waals surface area contributed by atoms with Crippen LogP contribution in [0.1, 0.15) is 43.8 Å². The summed E-state index contributed by atoms with van der Waals surface area (Å²) in [7, 11) is 0. The molecule has 2 aromatic carbocycles. The van der Waals surface area contributed by atoms with Crippen LogP contribution in [0.2, 0.25) is 5.02 Å². The van der Waals surface area contributed by atoms with Crippen molar-refractivity contribution < 1.29 is 4.79 Å². The van der Waals surface area contributed by atoms with Crippen molar-refractivity contribution in [1.82, 2.24) is 9.97 Å². The second-order valence-electron chi connectivity index (χ2n) is 7.56. The normalized spacial score (nSPS) is 11.8. The molecule has 162 valence electrons. The molecule has 1 atom stereocenters. The fourth-order valence-electron chi connectivity index (χ4n) is 3.53. The second kappa shape index (κ2) is 9.51. The third-order valence-corrected chi connectivity index (χ3v) is 6.15. The van der Waals surface area contributed by atoms with E-state index in [4.69, 9.17) is 11.6 Å². The van der Waals surface area contributed by atoms with E-state index in [0.29, 0.717) is 16.5 Å². The number of anilines is 2. The molecule has 2 N–H and O–H groups in total. The summed E-state index contributed by atoms with van der Waals surface area (Å²) in [6, 6.07) is 20.6. The lowest BCUT2D eigenvalue weighted by atomic mass is 10.00. The van der Waals surface area contributed by atoms with Gasteiger partial charge in [0.25, 0.3) is 5.91 Å². The standard InChI is InChI=1S/C25H23ClN4OS/c1-15-13-16(2)28-25(27-15)29-22(18-9-11-20(26)12-10-18)21-14-17(3)32-24(21)30-23(31)19-7-5-4-6-8-19/h4-14,22H,1-3H3,(H,30,31)(H,27,28,29)/t22-/m1/s1. The molecule has 0 bridgehead atoms. The topological polar surface area (TPSA) is 66.9 Å². The number of thiophene rings is 1. The molecule has 32 heavy (non-hydrogen) atoms. The fourth-order valence-corrected chi connectivity index (χ4v) is 4.60. The SMILES string of the molecule is Cc1cc(C)nc(N[C@H](c2ccc(Cl)cc2)c2cc(C)sc2NC(=O)c2ccccc2)n1. The van der Waals surface area contributed by atoms with E-state index in [-0.39, 0.29) is 11.9 Å². The minimum atomic E-state index is -0.274. The molecule has 4 aromatic rings. The highest BCUT2D eigenvalue weighted by molar-refractivity contribution is 7.16. The molecule has 4 rings (SSSR count). The summed E-state index contributed by atoms with van der Waals surface area (Å²) in [4.78, 5) is 23.1. The maximum Gasteiger partial charge on any atom is 0.256 e. The Morgan fingerprint density at radius 2 is 1.59 bits per heavy atom. The number of carbonyl (C=O) groups excluding carboxylic acids is 1. The summed E-state index contributed by atoms with van der Waals surface area (Å²) < 4.78 is 0. The predicted molar refractivity (Wildman–Crippen MR) is 132 cm³/mol. The summed E-state index contributed by atoms with van der Waals surface area (Å²) in [5, 5.41) is 8.01. The Kier molecular flexibility index (Phi) is 6.53. The summed E-state index contributed by atoms with van der Waals surface area (Å²) in [6.45, 7) is 5.91. The number of hydrogen-bond donors (Lipinski definition) is 2. The molecule has 1 amide bonds. The first kappa shape index (κ1) is 22.0. The zero-order valence-corrected chi connectivity index (χ0v) is 19.6. The van der Waals surface area contributed by atoms with Gasteiger partial charge in [-0.25, -0.2) is 9.97 Å². The van der Waals surface area contributed by atoms with Gasteiger partial charge in [-0.05, 0) is 62.7 Å². The van der Waals surface area contributed by atoms with Crippen LogP contribution in [0.25, 0.3) is 0 Å². The van der Waals surface area contributed by atoms with Crippen LogP contribution in [-0.4, -0.2) is 15.9 Å². The number of hydrogen-bond acceptors (Lipinski definition) is 5. The third kappa shape index (κ3) is 5.15. The van der Waals surface area contributed by atoms with Gasteiger partial charge in [0.15, 0.2) is 0 Å². The van der Waals surface area contributed by atoms with Crippen molar-refractivity contribution in [3.8, 4) is 0 Å². The number of halogens is 1. The molecule has 0 aliphatic rings. The van der Waals surface area contributed by atoms with Gasteiger partial charge >= 0.3 is 0 Å². The molecule has 0 radical (unpaired) electrons. The van der Waals surface area contributed by atoms with Gasteiger partial charge in [-0.1, -0.05) is 41.9 Å². The Bertz CT molecular complexity index is 1220. The average Bonchev–Trinajstić information content (AvgIpc) is 3.12. The van der Waals surface area contributed by atoms with E-state index in [9.17, 15) is 4.79 Å². The highest BCUT2D eigenvalue weighted by Gasteiger charge is 2.23. The second-order valence-corrected chi connectivity index (χ2v) is 9.26. The lowest BCUT2D eigenvalue weighted by molar-refractivity contribution is 0.102. The number of aromatic nitrogens is 2. The highest BCUT2D eigenvalue weighted by atomic mass is 35.5. The van der Waals surface area contributed by atoms with Crippen LogP contribution >= 0.6 is 22.9 Å². The molecule has 0 aliphatic carbocycles. The van der Waals surface area contributed by atoms with Crippen LogP contribution < -0.4 is 10.6 Å². The van der Waals surface area contributed by atoms with Gasteiger partial charge < -0.3 is 10.6 Å². The Hall–Kier alpha value is -3.22. The lowest BCUT2D eigenvalue weighted by Gasteiger charge is -2.21. The Labute approximate surface area is 196 Å². The number of benzene rings is 2. The van der Waals surface area contributed by atoms with E-state index in [0.717, 1.165) is 32.4 Å². The monoisotopic (exact) mass is 462 g/mol. The van der Waals surface area contributed by atoms with Gasteiger partial charge in [-0.3, -0.25) is 4.79 Å². The zero-order chi connectivity index (χ0) is 22.7. The highest BCUT2D eigenvalue weighted by Crippen LogP contribution is 2.37.